The van der Waals surface area contributed by atoms with Gasteiger partial charge < -0.3 is 20.7 Å². The monoisotopic (exact) mass is 537 g/mol. The van der Waals surface area contributed by atoms with Crippen LogP contribution in [0, 0.1) is 0 Å². The third kappa shape index (κ3) is 7.79. The van der Waals surface area contributed by atoms with Crippen molar-refractivity contribution in [3.63, 3.8) is 0 Å². The molecule has 8 heteroatoms. The minimum Gasteiger partial charge on any atom is -0.379 e. The maximum atomic E-state index is 11.6. The van der Waals surface area contributed by atoms with Crippen molar-refractivity contribution in [1.29, 1.82) is 0 Å². The molecule has 1 fully saturated rings. The van der Waals surface area contributed by atoms with Gasteiger partial charge in [0, 0.05) is 52.4 Å². The lowest BCUT2D eigenvalue weighted by Gasteiger charge is -2.27. The number of benzene rings is 2. The minimum atomic E-state index is -0.0808. The van der Waals surface area contributed by atoms with Crippen LogP contribution in [0.2, 0.25) is 0 Å². The summed E-state index contributed by atoms with van der Waals surface area (Å²) in [5, 5.41) is 9.36. The fourth-order valence-electron chi connectivity index (χ4n) is 3.39. The Balaban J connectivity index is 0.00000341. The molecule has 1 aliphatic rings. The second kappa shape index (κ2) is 13.3. The lowest BCUT2D eigenvalue weighted by atomic mass is 10.1. The van der Waals surface area contributed by atoms with Crippen LogP contribution in [0.1, 0.15) is 27.0 Å². The number of halogens is 1. The summed E-state index contributed by atoms with van der Waals surface area (Å²) in [7, 11) is 3.40. The Morgan fingerprint density at radius 3 is 2.29 bits per heavy atom. The van der Waals surface area contributed by atoms with Crippen molar-refractivity contribution in [3.05, 3.63) is 70.8 Å². The van der Waals surface area contributed by atoms with Crippen LogP contribution in [0.4, 0.5) is 0 Å². The third-order valence-electron chi connectivity index (χ3n) is 5.19. The van der Waals surface area contributed by atoms with Crippen LogP contribution in [-0.4, -0.2) is 57.2 Å². The molecule has 3 N–H and O–H groups in total. The van der Waals surface area contributed by atoms with Gasteiger partial charge in [0.15, 0.2) is 5.96 Å². The smallest absolute Gasteiger partial charge is 0.251 e. The first kappa shape index (κ1) is 25.1. The number of ether oxygens (including phenoxy) is 1. The number of carbonyl (C=O) groups excluding carboxylic acids is 1. The summed E-state index contributed by atoms with van der Waals surface area (Å²) in [5.41, 5.74) is 4.33. The zero-order chi connectivity index (χ0) is 21.2. The van der Waals surface area contributed by atoms with E-state index in [4.69, 9.17) is 4.74 Å². The largest absolute Gasteiger partial charge is 0.379 e. The van der Waals surface area contributed by atoms with Crippen LogP contribution >= 0.6 is 24.0 Å². The lowest BCUT2D eigenvalue weighted by Crippen LogP contribution is -2.37. The third-order valence-corrected chi connectivity index (χ3v) is 5.19. The number of rotatable bonds is 7. The molecule has 1 aliphatic heterocycles. The molecule has 0 spiro atoms. The lowest BCUT2D eigenvalue weighted by molar-refractivity contribution is 0.0341. The second-order valence-corrected chi connectivity index (χ2v) is 7.21. The van der Waals surface area contributed by atoms with Crippen LogP contribution in [0.5, 0.6) is 0 Å². The molecule has 1 amide bonds. The Hall–Kier alpha value is -2.17. The van der Waals surface area contributed by atoms with Crippen molar-refractivity contribution >= 4 is 35.8 Å². The topological polar surface area (TPSA) is 78.0 Å². The highest BCUT2D eigenvalue weighted by Gasteiger charge is 2.13. The van der Waals surface area contributed by atoms with E-state index in [1.807, 2.05) is 24.3 Å². The summed E-state index contributed by atoms with van der Waals surface area (Å²) >= 11 is 0. The zero-order valence-corrected chi connectivity index (χ0v) is 20.5. The van der Waals surface area contributed by atoms with Gasteiger partial charge in [0.05, 0.1) is 13.2 Å². The van der Waals surface area contributed by atoms with Crippen molar-refractivity contribution in [2.24, 2.45) is 4.99 Å². The summed E-state index contributed by atoms with van der Waals surface area (Å²) in [4.78, 5) is 18.4. The fraction of sp³-hybridized carbons (Fsp3) is 0.391. The van der Waals surface area contributed by atoms with E-state index < -0.39 is 0 Å². The summed E-state index contributed by atoms with van der Waals surface area (Å²) in [5.74, 6) is 0.661. The Morgan fingerprint density at radius 1 is 1.00 bits per heavy atom. The van der Waals surface area contributed by atoms with E-state index in [-0.39, 0.29) is 29.9 Å². The quantitative estimate of drug-likeness (QED) is 0.287. The highest BCUT2D eigenvalue weighted by Crippen LogP contribution is 2.13. The molecule has 3 rings (SSSR count). The van der Waals surface area contributed by atoms with E-state index >= 15 is 0 Å². The predicted octanol–water partition coefficient (Wildman–Crippen LogP) is 2.36. The van der Waals surface area contributed by atoms with Gasteiger partial charge in [-0.15, -0.1) is 24.0 Å². The van der Waals surface area contributed by atoms with E-state index in [0.29, 0.717) is 18.7 Å². The molecule has 168 valence electrons. The number of nitrogens with zero attached hydrogens (tertiary/aromatic N) is 2. The molecule has 0 saturated carbocycles. The Kier molecular flexibility index (Phi) is 10.8. The van der Waals surface area contributed by atoms with Gasteiger partial charge >= 0.3 is 0 Å². The van der Waals surface area contributed by atoms with E-state index in [9.17, 15) is 4.79 Å². The first-order chi connectivity index (χ1) is 14.7. The Bertz CT molecular complexity index is 851. The van der Waals surface area contributed by atoms with Gasteiger partial charge in [-0.1, -0.05) is 36.4 Å². The number of amides is 1. The molecule has 31 heavy (non-hydrogen) atoms. The SMILES string of the molecule is CN=C(NCc1ccc(C(=O)NC)cc1)NCc1ccccc1CN1CCOCC1.I. The Morgan fingerprint density at radius 2 is 1.65 bits per heavy atom. The van der Waals surface area contributed by atoms with E-state index in [2.05, 4.69) is 50.1 Å². The van der Waals surface area contributed by atoms with Gasteiger partial charge in [-0.2, -0.15) is 0 Å². The summed E-state index contributed by atoms with van der Waals surface area (Å²) < 4.78 is 5.45. The predicted molar refractivity (Wildman–Crippen MR) is 135 cm³/mol. The fourth-order valence-corrected chi connectivity index (χ4v) is 3.39. The highest BCUT2D eigenvalue weighted by molar-refractivity contribution is 14.0. The number of guanidine groups is 1. The second-order valence-electron chi connectivity index (χ2n) is 7.21. The number of hydrogen-bond donors (Lipinski definition) is 3. The molecule has 0 aromatic heterocycles. The molecule has 1 saturated heterocycles. The van der Waals surface area contributed by atoms with Crippen LogP contribution in [0.3, 0.4) is 0 Å². The maximum absolute atomic E-state index is 11.6. The molecule has 0 bridgehead atoms. The zero-order valence-electron chi connectivity index (χ0n) is 18.2. The minimum absolute atomic E-state index is 0. The molecule has 0 atom stereocenters. The van der Waals surface area contributed by atoms with Gasteiger partial charge in [-0.3, -0.25) is 14.7 Å². The number of nitrogens with one attached hydrogen (secondary N) is 3. The molecule has 2 aromatic rings. The molecule has 2 aromatic carbocycles. The van der Waals surface area contributed by atoms with Crippen molar-refractivity contribution in [1.82, 2.24) is 20.9 Å². The number of hydrogen-bond acceptors (Lipinski definition) is 4. The highest BCUT2D eigenvalue weighted by atomic mass is 127. The van der Waals surface area contributed by atoms with Gasteiger partial charge in [0.1, 0.15) is 0 Å². The first-order valence-corrected chi connectivity index (χ1v) is 10.3. The van der Waals surface area contributed by atoms with Gasteiger partial charge in [-0.05, 0) is 28.8 Å². The van der Waals surface area contributed by atoms with Crippen LogP contribution in [0.15, 0.2) is 53.5 Å². The molecular weight excluding hydrogens is 505 g/mol. The van der Waals surface area contributed by atoms with Crippen molar-refractivity contribution < 1.29 is 9.53 Å². The summed E-state index contributed by atoms with van der Waals surface area (Å²) in [6.45, 7) is 5.83. The van der Waals surface area contributed by atoms with Crippen molar-refractivity contribution in [2.45, 2.75) is 19.6 Å². The molecule has 0 radical (unpaired) electrons. The maximum Gasteiger partial charge on any atom is 0.251 e. The van der Waals surface area contributed by atoms with E-state index in [0.717, 1.165) is 44.4 Å². The van der Waals surface area contributed by atoms with Gasteiger partial charge in [0.2, 0.25) is 0 Å². The first-order valence-electron chi connectivity index (χ1n) is 10.3. The summed E-state index contributed by atoms with van der Waals surface area (Å²) in [6, 6.07) is 16.1. The summed E-state index contributed by atoms with van der Waals surface area (Å²) in [6.07, 6.45) is 0. The molecule has 0 aliphatic carbocycles. The number of morpholine rings is 1. The molecule has 0 unspecified atom stereocenters. The average molecular weight is 537 g/mol. The van der Waals surface area contributed by atoms with Crippen molar-refractivity contribution in [2.75, 3.05) is 40.4 Å². The molecule has 7 nitrogen and oxygen atoms in total. The Labute approximate surface area is 201 Å². The van der Waals surface area contributed by atoms with Crippen LogP contribution < -0.4 is 16.0 Å². The van der Waals surface area contributed by atoms with Crippen LogP contribution in [-0.2, 0) is 24.4 Å². The number of aliphatic imine (C=N–C) groups is 1. The normalized spacial score (nSPS) is 14.5. The standard InChI is InChI=1S/C23H31N5O2.HI/c1-24-22(29)19-9-7-18(8-10-19)15-26-23(25-2)27-16-20-5-3-4-6-21(20)17-28-11-13-30-14-12-28;/h3-10H,11-17H2,1-2H3,(H,24,29)(H2,25,26,27);1H. The van der Waals surface area contributed by atoms with Crippen LogP contribution in [0.25, 0.3) is 0 Å². The van der Waals surface area contributed by atoms with E-state index in [1.165, 1.54) is 11.1 Å². The van der Waals surface area contributed by atoms with Gasteiger partial charge in [0.25, 0.3) is 5.91 Å². The van der Waals surface area contributed by atoms with Gasteiger partial charge in [-0.25, -0.2) is 0 Å². The molecular formula is C23H32IN5O2. The van der Waals surface area contributed by atoms with Crippen molar-refractivity contribution in [3.8, 4) is 0 Å². The average Bonchev–Trinajstić information content (AvgIpc) is 2.80. The number of carbonyl (C=O) groups is 1. The molecule has 1 heterocycles. The van der Waals surface area contributed by atoms with E-state index in [1.54, 1.807) is 14.1 Å².